The summed E-state index contributed by atoms with van der Waals surface area (Å²) in [6.07, 6.45) is 0. The molecule has 0 bridgehead atoms. The van der Waals surface area contributed by atoms with E-state index in [1.165, 1.54) is 16.2 Å². The molecule has 0 aliphatic rings. The zero-order valence-corrected chi connectivity index (χ0v) is 10.8. The Balaban J connectivity index is 2.64. The molecule has 1 aromatic rings. The number of thiazole rings is 1. The third-order valence-electron chi connectivity index (χ3n) is 2.49. The highest BCUT2D eigenvalue weighted by atomic mass is 32.1. The van der Waals surface area contributed by atoms with E-state index in [0.29, 0.717) is 5.13 Å². The molecule has 0 saturated heterocycles. The largest absolute Gasteiger partial charge is 0.394 e. The van der Waals surface area contributed by atoms with Gasteiger partial charge in [-0.1, -0.05) is 0 Å². The topological polar surface area (TPSA) is 65.5 Å². The van der Waals surface area contributed by atoms with Gasteiger partial charge in [-0.15, -0.1) is 11.3 Å². The van der Waals surface area contributed by atoms with E-state index < -0.39 is 0 Å². The number of nitrogens with zero attached hydrogens (tertiary/aromatic N) is 2. The van der Waals surface area contributed by atoms with Crippen LogP contribution in [0.3, 0.4) is 0 Å². The van der Waals surface area contributed by atoms with E-state index in [0.717, 1.165) is 10.6 Å². The van der Waals surface area contributed by atoms with E-state index in [1.807, 2.05) is 13.8 Å². The number of aliphatic hydroxyl groups is 1. The molecule has 0 fully saturated rings. The molecular formula is C10H17N3O2S. The lowest BCUT2D eigenvalue weighted by Crippen LogP contribution is -2.40. The van der Waals surface area contributed by atoms with Gasteiger partial charge in [0.05, 0.1) is 18.3 Å². The number of hydrogen-bond donors (Lipinski definition) is 2. The number of hydrogen-bond acceptors (Lipinski definition) is 4. The molecular weight excluding hydrogens is 226 g/mol. The van der Waals surface area contributed by atoms with Crippen molar-refractivity contribution in [2.24, 2.45) is 0 Å². The van der Waals surface area contributed by atoms with Crippen molar-refractivity contribution >= 4 is 22.5 Å². The molecule has 90 valence electrons. The first kappa shape index (κ1) is 12.9. The molecule has 5 nitrogen and oxygen atoms in total. The zero-order chi connectivity index (χ0) is 12.3. The molecule has 16 heavy (non-hydrogen) atoms. The molecule has 1 atom stereocenters. The van der Waals surface area contributed by atoms with Crippen molar-refractivity contribution in [2.45, 2.75) is 26.8 Å². The highest BCUT2D eigenvalue weighted by Gasteiger charge is 2.16. The number of urea groups is 1. The fourth-order valence-corrected chi connectivity index (χ4v) is 1.83. The third-order valence-corrected chi connectivity index (χ3v) is 3.48. The van der Waals surface area contributed by atoms with Crippen LogP contribution in [0.25, 0.3) is 0 Å². The SMILES string of the molecule is Cc1nc(NC(=O)N(C)[C@H](C)CO)sc1C. The monoisotopic (exact) mass is 243 g/mol. The molecule has 1 rings (SSSR count). The first-order valence-electron chi connectivity index (χ1n) is 5.04. The van der Waals surface area contributed by atoms with Gasteiger partial charge in [-0.05, 0) is 20.8 Å². The van der Waals surface area contributed by atoms with Gasteiger partial charge in [0, 0.05) is 11.9 Å². The van der Waals surface area contributed by atoms with Gasteiger partial charge < -0.3 is 10.0 Å². The van der Waals surface area contributed by atoms with Gasteiger partial charge in [-0.2, -0.15) is 0 Å². The van der Waals surface area contributed by atoms with Crippen LogP contribution < -0.4 is 5.32 Å². The Morgan fingerprint density at radius 1 is 1.62 bits per heavy atom. The van der Waals surface area contributed by atoms with Gasteiger partial charge in [-0.3, -0.25) is 5.32 Å². The molecule has 0 spiro atoms. The number of rotatable bonds is 3. The molecule has 0 aromatic carbocycles. The first-order chi connectivity index (χ1) is 7.45. The van der Waals surface area contributed by atoms with Crippen molar-refractivity contribution < 1.29 is 9.90 Å². The lowest BCUT2D eigenvalue weighted by atomic mass is 10.3. The lowest BCUT2D eigenvalue weighted by molar-refractivity contribution is 0.166. The van der Waals surface area contributed by atoms with Crippen LogP contribution in [0, 0.1) is 13.8 Å². The van der Waals surface area contributed by atoms with Crippen molar-refractivity contribution in [3.63, 3.8) is 0 Å². The van der Waals surface area contributed by atoms with Gasteiger partial charge in [0.2, 0.25) is 0 Å². The average molecular weight is 243 g/mol. The maximum atomic E-state index is 11.7. The van der Waals surface area contributed by atoms with Crippen LogP contribution in [0.15, 0.2) is 0 Å². The minimum absolute atomic E-state index is 0.0557. The average Bonchev–Trinajstić information content (AvgIpc) is 2.55. The molecule has 0 radical (unpaired) electrons. The Morgan fingerprint density at radius 2 is 2.25 bits per heavy atom. The minimum atomic E-state index is -0.254. The predicted octanol–water partition coefficient (Wildman–Crippen LogP) is 1.60. The number of carbonyl (C=O) groups is 1. The summed E-state index contributed by atoms with van der Waals surface area (Å²) >= 11 is 1.45. The predicted molar refractivity (Wildman–Crippen MR) is 64.9 cm³/mol. The van der Waals surface area contributed by atoms with E-state index in [-0.39, 0.29) is 18.7 Å². The van der Waals surface area contributed by atoms with Gasteiger partial charge in [0.15, 0.2) is 5.13 Å². The summed E-state index contributed by atoms with van der Waals surface area (Å²) in [4.78, 5) is 18.5. The molecule has 2 N–H and O–H groups in total. The minimum Gasteiger partial charge on any atom is -0.394 e. The number of aryl methyl sites for hydroxylation is 2. The number of aromatic nitrogens is 1. The second kappa shape index (κ2) is 5.27. The van der Waals surface area contributed by atoms with Gasteiger partial charge in [0.1, 0.15) is 0 Å². The highest BCUT2D eigenvalue weighted by Crippen LogP contribution is 2.21. The van der Waals surface area contributed by atoms with E-state index in [1.54, 1.807) is 14.0 Å². The van der Waals surface area contributed by atoms with Gasteiger partial charge >= 0.3 is 6.03 Å². The smallest absolute Gasteiger partial charge is 0.323 e. The maximum Gasteiger partial charge on any atom is 0.323 e. The number of carbonyl (C=O) groups excluding carboxylic acids is 1. The number of amides is 2. The number of likely N-dealkylation sites (N-methyl/N-ethyl adjacent to an activating group) is 1. The second-order valence-electron chi connectivity index (χ2n) is 3.73. The Hall–Kier alpha value is -1.14. The van der Waals surface area contributed by atoms with Gasteiger partial charge in [-0.25, -0.2) is 9.78 Å². The summed E-state index contributed by atoms with van der Waals surface area (Å²) in [5, 5.41) is 12.2. The maximum absolute atomic E-state index is 11.7. The van der Waals surface area contributed by atoms with E-state index in [9.17, 15) is 4.79 Å². The number of aliphatic hydroxyl groups excluding tert-OH is 1. The molecule has 1 aromatic heterocycles. The van der Waals surface area contributed by atoms with E-state index in [4.69, 9.17) is 5.11 Å². The van der Waals surface area contributed by atoms with Crippen molar-refractivity contribution in [3.05, 3.63) is 10.6 Å². The van der Waals surface area contributed by atoms with Crippen LogP contribution in [-0.2, 0) is 0 Å². The van der Waals surface area contributed by atoms with Crippen LogP contribution in [0.5, 0.6) is 0 Å². The lowest BCUT2D eigenvalue weighted by Gasteiger charge is -2.22. The molecule has 2 amide bonds. The Labute approximate surface area is 99.1 Å². The summed E-state index contributed by atoms with van der Waals surface area (Å²) in [5.74, 6) is 0. The fraction of sp³-hybridized carbons (Fsp3) is 0.600. The summed E-state index contributed by atoms with van der Waals surface area (Å²) in [6, 6.07) is -0.461. The highest BCUT2D eigenvalue weighted by molar-refractivity contribution is 7.15. The third kappa shape index (κ3) is 2.93. The van der Waals surface area contributed by atoms with Crippen molar-refractivity contribution in [1.82, 2.24) is 9.88 Å². The van der Waals surface area contributed by atoms with Crippen molar-refractivity contribution in [1.29, 1.82) is 0 Å². The molecule has 6 heteroatoms. The molecule has 0 saturated carbocycles. The van der Waals surface area contributed by atoms with E-state index >= 15 is 0 Å². The summed E-state index contributed by atoms with van der Waals surface area (Å²) in [5.41, 5.74) is 0.929. The summed E-state index contributed by atoms with van der Waals surface area (Å²) < 4.78 is 0. The van der Waals surface area contributed by atoms with Crippen molar-refractivity contribution in [3.8, 4) is 0 Å². The number of nitrogens with one attached hydrogen (secondary N) is 1. The molecule has 0 aliphatic heterocycles. The van der Waals surface area contributed by atoms with Crippen LogP contribution in [-0.4, -0.2) is 40.7 Å². The van der Waals surface area contributed by atoms with Crippen LogP contribution in [0.4, 0.5) is 9.93 Å². The summed E-state index contributed by atoms with van der Waals surface area (Å²) in [7, 11) is 1.64. The summed E-state index contributed by atoms with van der Waals surface area (Å²) in [6.45, 7) is 5.59. The van der Waals surface area contributed by atoms with Gasteiger partial charge in [0.25, 0.3) is 0 Å². The number of anilines is 1. The zero-order valence-electron chi connectivity index (χ0n) is 9.94. The Kier molecular flexibility index (Phi) is 4.26. The van der Waals surface area contributed by atoms with E-state index in [2.05, 4.69) is 10.3 Å². The fourth-order valence-electron chi connectivity index (χ4n) is 1.03. The second-order valence-corrected chi connectivity index (χ2v) is 4.94. The van der Waals surface area contributed by atoms with Crippen LogP contribution in [0.2, 0.25) is 0 Å². The first-order valence-corrected chi connectivity index (χ1v) is 5.86. The normalized spacial score (nSPS) is 12.3. The quantitative estimate of drug-likeness (QED) is 0.847. The van der Waals surface area contributed by atoms with Crippen LogP contribution in [0.1, 0.15) is 17.5 Å². The molecule has 0 aliphatic carbocycles. The van der Waals surface area contributed by atoms with Crippen molar-refractivity contribution in [2.75, 3.05) is 19.0 Å². The van der Waals surface area contributed by atoms with Crippen LogP contribution >= 0.6 is 11.3 Å². The molecule has 0 unspecified atom stereocenters. The Morgan fingerprint density at radius 3 is 2.69 bits per heavy atom. The molecule has 1 heterocycles. The Bertz CT molecular complexity index is 359. The standard InChI is InChI=1S/C10H17N3O2S/c1-6(5-14)13(4)10(15)12-9-11-7(2)8(3)16-9/h6,14H,5H2,1-4H3,(H,11,12,15)/t6-/m1/s1.